The third-order valence-corrected chi connectivity index (χ3v) is 3.87. The fourth-order valence-electron chi connectivity index (χ4n) is 1.39. The lowest BCUT2D eigenvalue weighted by atomic mass is 9.88. The maximum Gasteiger partial charge on any atom is 0.368 e. The molecule has 0 radical (unpaired) electrons. The molecule has 20 heavy (non-hydrogen) atoms. The number of hydrogen-bond donors (Lipinski definition) is 0. The van der Waals surface area contributed by atoms with Gasteiger partial charge in [-0.3, -0.25) is 0 Å². The fourth-order valence-corrected chi connectivity index (χ4v) is 2.36. The van der Waals surface area contributed by atoms with Crippen LogP contribution in [0.4, 0.5) is 0 Å². The Hall–Kier alpha value is 0.290. The van der Waals surface area contributed by atoms with E-state index >= 15 is 0 Å². The van der Waals surface area contributed by atoms with Gasteiger partial charge < -0.3 is 14.0 Å². The van der Waals surface area contributed by atoms with Crippen molar-refractivity contribution in [3.8, 4) is 0 Å². The van der Waals surface area contributed by atoms with Crippen molar-refractivity contribution in [2.45, 2.75) is 13.3 Å². The van der Waals surface area contributed by atoms with Crippen LogP contribution in [0.3, 0.4) is 0 Å². The standard InChI is InChI=1S/C12H21Cl2O5P/c1-4-7-15-9-12(6-3,10-16-8-5-2)11-17-20(18-13)19-14/h4-5H,1-2,6-11H2,3H3. The predicted octanol–water partition coefficient (Wildman–Crippen LogP) is 4.37. The van der Waals surface area contributed by atoms with Crippen molar-refractivity contribution < 1.29 is 22.1 Å². The molecule has 8 heteroatoms. The highest BCUT2D eigenvalue weighted by molar-refractivity contribution is 7.43. The van der Waals surface area contributed by atoms with E-state index in [0.717, 1.165) is 6.42 Å². The Morgan fingerprint density at radius 2 is 1.50 bits per heavy atom. The molecule has 0 aromatic carbocycles. The highest BCUT2D eigenvalue weighted by Gasteiger charge is 2.31. The van der Waals surface area contributed by atoms with E-state index in [1.54, 1.807) is 12.2 Å². The highest BCUT2D eigenvalue weighted by atomic mass is 35.5. The molecule has 0 saturated heterocycles. The van der Waals surface area contributed by atoms with E-state index < -0.39 is 8.60 Å². The fraction of sp³-hybridized carbons (Fsp3) is 0.667. The summed E-state index contributed by atoms with van der Waals surface area (Å²) in [4.78, 5) is 0. The van der Waals surface area contributed by atoms with Gasteiger partial charge in [-0.25, -0.2) is 0 Å². The summed E-state index contributed by atoms with van der Waals surface area (Å²) >= 11 is 10.4. The van der Waals surface area contributed by atoms with Crippen LogP contribution in [0.5, 0.6) is 0 Å². The van der Waals surface area contributed by atoms with Crippen molar-refractivity contribution in [1.29, 1.82) is 0 Å². The molecule has 0 aliphatic rings. The van der Waals surface area contributed by atoms with Gasteiger partial charge in [0.25, 0.3) is 0 Å². The third kappa shape index (κ3) is 8.55. The first-order chi connectivity index (χ1) is 9.67. The van der Waals surface area contributed by atoms with E-state index in [1.807, 2.05) is 6.92 Å². The Morgan fingerprint density at radius 1 is 1.00 bits per heavy atom. The summed E-state index contributed by atoms with van der Waals surface area (Å²) in [5.74, 6) is 0. The van der Waals surface area contributed by atoms with Crippen molar-refractivity contribution in [2.24, 2.45) is 5.41 Å². The van der Waals surface area contributed by atoms with Crippen LogP contribution in [-0.2, 0) is 22.1 Å². The summed E-state index contributed by atoms with van der Waals surface area (Å²) in [6, 6.07) is 0. The second-order valence-electron chi connectivity index (χ2n) is 4.10. The molecular weight excluding hydrogens is 326 g/mol. The van der Waals surface area contributed by atoms with Crippen molar-refractivity contribution in [1.82, 2.24) is 0 Å². The molecular formula is C12H21Cl2O5P. The van der Waals surface area contributed by atoms with E-state index in [2.05, 4.69) is 21.3 Å². The largest absolute Gasteiger partial charge is 0.377 e. The molecule has 0 aliphatic heterocycles. The summed E-state index contributed by atoms with van der Waals surface area (Å²) in [5.41, 5.74) is -0.350. The quantitative estimate of drug-likeness (QED) is 0.265. The maximum absolute atomic E-state index is 5.53. The average molecular weight is 347 g/mol. The first-order valence-corrected chi connectivity index (χ1v) is 7.77. The molecule has 0 spiro atoms. The molecule has 0 aromatic heterocycles. The number of rotatable bonds is 14. The molecule has 0 heterocycles. The zero-order valence-corrected chi connectivity index (χ0v) is 14.0. The van der Waals surface area contributed by atoms with Crippen LogP contribution in [0.2, 0.25) is 0 Å². The van der Waals surface area contributed by atoms with E-state index in [4.69, 9.17) is 37.7 Å². The first-order valence-electron chi connectivity index (χ1n) is 6.05. The van der Waals surface area contributed by atoms with Gasteiger partial charge in [0, 0.05) is 5.41 Å². The van der Waals surface area contributed by atoms with Crippen LogP contribution < -0.4 is 0 Å². The molecule has 0 atom stereocenters. The molecule has 0 aromatic rings. The van der Waals surface area contributed by atoms with Gasteiger partial charge in [0.05, 0.1) is 56.8 Å². The van der Waals surface area contributed by atoms with Crippen LogP contribution in [-0.4, -0.2) is 33.0 Å². The van der Waals surface area contributed by atoms with Gasteiger partial charge in [-0.2, -0.15) is 8.15 Å². The Morgan fingerprint density at radius 3 is 1.85 bits per heavy atom. The molecule has 0 unspecified atom stereocenters. The Balaban J connectivity index is 4.52. The Kier molecular flexibility index (Phi) is 13.2. The van der Waals surface area contributed by atoms with Crippen LogP contribution in [0.25, 0.3) is 0 Å². The summed E-state index contributed by atoms with van der Waals surface area (Å²) in [6.45, 7) is 11.3. The minimum atomic E-state index is -1.78. The lowest BCUT2D eigenvalue weighted by molar-refractivity contribution is -0.0376. The molecule has 0 bridgehead atoms. The van der Waals surface area contributed by atoms with Crippen molar-refractivity contribution in [2.75, 3.05) is 33.0 Å². The molecule has 0 N–H and O–H groups in total. The van der Waals surface area contributed by atoms with E-state index in [0.29, 0.717) is 26.4 Å². The van der Waals surface area contributed by atoms with Gasteiger partial charge in [-0.15, -0.1) is 13.2 Å². The zero-order valence-electron chi connectivity index (χ0n) is 11.6. The van der Waals surface area contributed by atoms with E-state index in [9.17, 15) is 0 Å². The lowest BCUT2D eigenvalue weighted by Crippen LogP contribution is -2.36. The van der Waals surface area contributed by atoms with Gasteiger partial charge in [0.1, 0.15) is 0 Å². The Bertz CT molecular complexity index is 250. The van der Waals surface area contributed by atoms with Gasteiger partial charge in [-0.1, -0.05) is 19.1 Å². The normalized spacial score (nSPS) is 11.8. The molecule has 118 valence electrons. The Labute approximate surface area is 132 Å². The molecule has 0 saturated carbocycles. The third-order valence-electron chi connectivity index (χ3n) is 2.63. The van der Waals surface area contributed by atoms with Crippen LogP contribution in [0.15, 0.2) is 25.3 Å². The monoisotopic (exact) mass is 346 g/mol. The van der Waals surface area contributed by atoms with E-state index in [1.165, 1.54) is 0 Å². The smallest absolute Gasteiger partial charge is 0.368 e. The van der Waals surface area contributed by atoms with Crippen LogP contribution in [0.1, 0.15) is 13.3 Å². The SMILES string of the molecule is C=CCOCC(CC)(COCC=C)COP(OCl)OCl. The number of halogens is 2. The number of hydrogen-bond acceptors (Lipinski definition) is 5. The summed E-state index contributed by atoms with van der Waals surface area (Å²) in [6.07, 6.45) is 4.14. The summed E-state index contributed by atoms with van der Waals surface area (Å²) in [7, 11) is -1.78. The average Bonchev–Trinajstić information content (AvgIpc) is 2.48. The minimum Gasteiger partial charge on any atom is -0.377 e. The molecule has 0 fully saturated rings. The van der Waals surface area contributed by atoms with Gasteiger partial charge in [0.2, 0.25) is 0 Å². The van der Waals surface area contributed by atoms with Gasteiger partial charge in [-0.05, 0) is 6.42 Å². The molecule has 5 nitrogen and oxygen atoms in total. The van der Waals surface area contributed by atoms with Crippen LogP contribution >= 0.6 is 32.3 Å². The number of ether oxygens (including phenoxy) is 2. The topological polar surface area (TPSA) is 46.2 Å². The second-order valence-corrected chi connectivity index (χ2v) is 5.91. The van der Waals surface area contributed by atoms with Crippen molar-refractivity contribution in [3.63, 3.8) is 0 Å². The van der Waals surface area contributed by atoms with Gasteiger partial charge >= 0.3 is 8.60 Å². The molecule has 0 rings (SSSR count). The lowest BCUT2D eigenvalue weighted by Gasteiger charge is -2.32. The second kappa shape index (κ2) is 13.0. The van der Waals surface area contributed by atoms with Crippen molar-refractivity contribution >= 4 is 32.3 Å². The molecule has 0 aliphatic carbocycles. The summed E-state index contributed by atoms with van der Waals surface area (Å²) in [5, 5.41) is 0. The highest BCUT2D eigenvalue weighted by Crippen LogP contribution is 2.44. The molecule has 0 amide bonds. The maximum atomic E-state index is 5.53. The first kappa shape index (κ1) is 20.3. The van der Waals surface area contributed by atoms with Crippen molar-refractivity contribution in [3.05, 3.63) is 25.3 Å². The minimum absolute atomic E-state index is 0.281. The predicted molar refractivity (Wildman–Crippen MR) is 81.5 cm³/mol. The van der Waals surface area contributed by atoms with Gasteiger partial charge in [0.15, 0.2) is 0 Å². The van der Waals surface area contributed by atoms with Crippen LogP contribution in [0, 0.1) is 5.41 Å². The summed E-state index contributed by atoms with van der Waals surface area (Å²) < 4.78 is 25.3. The zero-order chi connectivity index (χ0) is 15.3. The van der Waals surface area contributed by atoms with E-state index in [-0.39, 0.29) is 12.0 Å².